The molecule has 4 N–H and O–H groups in total. The number of carboxylic acids is 1. The minimum Gasteiger partial charge on any atom is -0.480 e. The number of fused-ring (bicyclic) bond motifs is 1. The normalized spacial score (nSPS) is 12.6. The van der Waals surface area contributed by atoms with Crippen molar-refractivity contribution in [2.45, 2.75) is 13.0 Å². The van der Waals surface area contributed by atoms with E-state index in [9.17, 15) is 9.59 Å². The summed E-state index contributed by atoms with van der Waals surface area (Å²) in [6, 6.07) is 4.44. The highest BCUT2D eigenvalue weighted by Gasteiger charge is 2.10. The third-order valence-corrected chi connectivity index (χ3v) is 2.27. The smallest absolute Gasteiger partial charge is 0.325 e. The zero-order valence-electron chi connectivity index (χ0n) is 8.57. The van der Waals surface area contributed by atoms with Crippen LogP contribution in [0.15, 0.2) is 23.0 Å². The summed E-state index contributed by atoms with van der Waals surface area (Å²) in [6.07, 6.45) is 0. The molecule has 6 nitrogen and oxygen atoms in total. The molecule has 0 bridgehead atoms. The molecule has 2 aromatic rings. The van der Waals surface area contributed by atoms with Crippen LogP contribution < -0.4 is 11.0 Å². The minimum absolute atomic E-state index is 0.279. The van der Waals surface area contributed by atoms with Crippen molar-refractivity contribution >= 4 is 22.7 Å². The maximum atomic E-state index is 11.0. The lowest BCUT2D eigenvalue weighted by molar-refractivity contribution is -0.137. The van der Waals surface area contributed by atoms with Crippen molar-refractivity contribution < 1.29 is 9.90 Å². The first-order valence-corrected chi connectivity index (χ1v) is 4.77. The number of carbonyl (C=O) groups is 1. The summed E-state index contributed by atoms with van der Waals surface area (Å²) in [4.78, 5) is 26.9. The highest BCUT2D eigenvalue weighted by molar-refractivity contribution is 5.81. The van der Waals surface area contributed by atoms with Gasteiger partial charge in [0.05, 0.1) is 11.0 Å². The fourth-order valence-corrected chi connectivity index (χ4v) is 1.43. The fraction of sp³-hybridized carbons (Fsp3) is 0.200. The van der Waals surface area contributed by atoms with Crippen molar-refractivity contribution in [1.82, 2.24) is 9.97 Å². The van der Waals surface area contributed by atoms with E-state index >= 15 is 0 Å². The molecule has 0 aliphatic rings. The monoisotopic (exact) mass is 221 g/mol. The number of aromatic amines is 2. The molecule has 0 aliphatic carbocycles. The summed E-state index contributed by atoms with van der Waals surface area (Å²) in [5.41, 5.74) is 1.71. The summed E-state index contributed by atoms with van der Waals surface area (Å²) in [6.45, 7) is 1.55. The van der Waals surface area contributed by atoms with Gasteiger partial charge in [-0.05, 0) is 25.1 Å². The number of rotatable bonds is 3. The summed E-state index contributed by atoms with van der Waals surface area (Å²) < 4.78 is 0. The first-order chi connectivity index (χ1) is 7.56. The number of hydrogen-bond donors (Lipinski definition) is 4. The van der Waals surface area contributed by atoms with E-state index in [0.717, 1.165) is 0 Å². The molecule has 1 aromatic carbocycles. The van der Waals surface area contributed by atoms with Gasteiger partial charge in [-0.25, -0.2) is 4.79 Å². The van der Waals surface area contributed by atoms with Crippen molar-refractivity contribution in [2.24, 2.45) is 0 Å². The third kappa shape index (κ3) is 1.90. The van der Waals surface area contributed by atoms with Gasteiger partial charge in [-0.15, -0.1) is 0 Å². The zero-order valence-corrected chi connectivity index (χ0v) is 8.57. The van der Waals surface area contributed by atoms with Gasteiger partial charge < -0.3 is 20.4 Å². The number of imidazole rings is 1. The van der Waals surface area contributed by atoms with Gasteiger partial charge in [0.1, 0.15) is 6.04 Å². The highest BCUT2D eigenvalue weighted by Crippen LogP contribution is 2.15. The number of benzene rings is 1. The number of aromatic nitrogens is 2. The van der Waals surface area contributed by atoms with Gasteiger partial charge in [0.25, 0.3) is 0 Å². The Balaban J connectivity index is 2.32. The summed E-state index contributed by atoms with van der Waals surface area (Å²) >= 11 is 0. The van der Waals surface area contributed by atoms with E-state index in [-0.39, 0.29) is 5.69 Å². The standard InChI is InChI=1S/C10H11N3O3/c1-5(9(14)15)11-6-2-3-7-8(4-6)13-10(16)12-7/h2-5,11H,1H3,(H,14,15)(H2,12,13,16). The summed E-state index contributed by atoms with van der Waals surface area (Å²) in [5, 5.41) is 11.5. The Morgan fingerprint density at radius 1 is 1.38 bits per heavy atom. The van der Waals surface area contributed by atoms with Crippen LogP contribution in [0.25, 0.3) is 11.0 Å². The van der Waals surface area contributed by atoms with Crippen LogP contribution in [0.4, 0.5) is 5.69 Å². The fourth-order valence-electron chi connectivity index (χ4n) is 1.43. The quantitative estimate of drug-likeness (QED) is 0.614. The number of nitrogens with one attached hydrogen (secondary N) is 3. The molecule has 1 aromatic heterocycles. The predicted octanol–water partition coefficient (Wildman–Crippen LogP) is 0.741. The molecular weight excluding hydrogens is 210 g/mol. The van der Waals surface area contributed by atoms with Crippen molar-refractivity contribution in [1.29, 1.82) is 0 Å². The van der Waals surface area contributed by atoms with Crippen molar-refractivity contribution in [3.63, 3.8) is 0 Å². The zero-order chi connectivity index (χ0) is 11.7. The summed E-state index contributed by atoms with van der Waals surface area (Å²) in [5.74, 6) is -0.928. The lowest BCUT2D eigenvalue weighted by atomic mass is 10.2. The van der Waals surface area contributed by atoms with E-state index in [4.69, 9.17) is 5.11 Å². The Hall–Kier alpha value is -2.24. The molecule has 1 unspecified atom stereocenters. The Morgan fingerprint density at radius 3 is 2.75 bits per heavy atom. The molecule has 84 valence electrons. The molecule has 0 fully saturated rings. The second kappa shape index (κ2) is 3.73. The molecule has 16 heavy (non-hydrogen) atoms. The van der Waals surface area contributed by atoms with E-state index in [1.165, 1.54) is 0 Å². The Labute approximate surface area is 90.3 Å². The van der Waals surface area contributed by atoms with E-state index in [0.29, 0.717) is 16.7 Å². The summed E-state index contributed by atoms with van der Waals surface area (Å²) in [7, 11) is 0. The molecule has 0 radical (unpaired) electrons. The molecular formula is C10H11N3O3. The average molecular weight is 221 g/mol. The second-order valence-electron chi connectivity index (χ2n) is 3.54. The van der Waals surface area contributed by atoms with Crippen LogP contribution in [0.5, 0.6) is 0 Å². The van der Waals surface area contributed by atoms with Crippen LogP contribution in [0.1, 0.15) is 6.92 Å². The minimum atomic E-state index is -0.928. The van der Waals surface area contributed by atoms with Crippen molar-refractivity contribution in [3.05, 3.63) is 28.7 Å². The first kappa shape index (κ1) is 10.3. The largest absolute Gasteiger partial charge is 0.480 e. The Bertz CT molecular complexity index is 584. The predicted molar refractivity (Wildman–Crippen MR) is 59.6 cm³/mol. The maximum absolute atomic E-state index is 11.0. The number of aliphatic carboxylic acids is 1. The SMILES string of the molecule is CC(Nc1ccc2[nH]c(=O)[nH]c2c1)C(=O)O. The average Bonchev–Trinajstić information content (AvgIpc) is 2.57. The highest BCUT2D eigenvalue weighted by atomic mass is 16.4. The van der Waals surface area contributed by atoms with Gasteiger partial charge in [0.2, 0.25) is 0 Å². The van der Waals surface area contributed by atoms with Gasteiger partial charge >= 0.3 is 11.7 Å². The van der Waals surface area contributed by atoms with Crippen LogP contribution in [0.3, 0.4) is 0 Å². The number of carboxylic acid groups (broad SMARTS) is 1. The number of H-pyrrole nitrogens is 2. The number of hydrogen-bond acceptors (Lipinski definition) is 3. The van der Waals surface area contributed by atoms with E-state index < -0.39 is 12.0 Å². The van der Waals surface area contributed by atoms with Crippen molar-refractivity contribution in [2.75, 3.05) is 5.32 Å². The van der Waals surface area contributed by atoms with Crippen molar-refractivity contribution in [3.8, 4) is 0 Å². The van der Waals surface area contributed by atoms with Crippen LogP contribution in [-0.2, 0) is 4.79 Å². The maximum Gasteiger partial charge on any atom is 0.325 e. The molecule has 0 amide bonds. The molecule has 1 heterocycles. The molecule has 6 heteroatoms. The lowest BCUT2D eigenvalue weighted by Gasteiger charge is -2.10. The molecule has 0 saturated heterocycles. The van der Waals surface area contributed by atoms with Crippen LogP contribution >= 0.6 is 0 Å². The third-order valence-electron chi connectivity index (χ3n) is 2.27. The van der Waals surface area contributed by atoms with E-state index in [1.807, 2.05) is 0 Å². The first-order valence-electron chi connectivity index (χ1n) is 4.77. The van der Waals surface area contributed by atoms with Crippen LogP contribution in [0, 0.1) is 0 Å². The Morgan fingerprint density at radius 2 is 2.06 bits per heavy atom. The van der Waals surface area contributed by atoms with Crippen LogP contribution in [0.2, 0.25) is 0 Å². The molecule has 0 spiro atoms. The van der Waals surface area contributed by atoms with Gasteiger partial charge in [-0.2, -0.15) is 0 Å². The van der Waals surface area contributed by atoms with E-state index in [1.54, 1.807) is 25.1 Å². The second-order valence-corrected chi connectivity index (χ2v) is 3.54. The number of anilines is 1. The van der Waals surface area contributed by atoms with Gasteiger partial charge in [0.15, 0.2) is 0 Å². The van der Waals surface area contributed by atoms with E-state index in [2.05, 4.69) is 15.3 Å². The molecule has 2 rings (SSSR count). The van der Waals surface area contributed by atoms with Crippen LogP contribution in [-0.4, -0.2) is 27.1 Å². The molecule has 0 saturated carbocycles. The lowest BCUT2D eigenvalue weighted by Crippen LogP contribution is -2.25. The van der Waals surface area contributed by atoms with Gasteiger partial charge in [-0.3, -0.25) is 4.79 Å². The van der Waals surface area contributed by atoms with Gasteiger partial charge in [-0.1, -0.05) is 0 Å². The topological polar surface area (TPSA) is 98.0 Å². The Kier molecular flexibility index (Phi) is 2.40. The molecule has 0 aliphatic heterocycles. The molecule has 1 atom stereocenters. The van der Waals surface area contributed by atoms with Gasteiger partial charge in [0, 0.05) is 5.69 Å².